The number of hydrogen-bond donors (Lipinski definition) is 1. The molecule has 1 saturated heterocycles. The predicted octanol–water partition coefficient (Wildman–Crippen LogP) is 6.23. The molecule has 1 atom stereocenters. The third-order valence-electron chi connectivity index (χ3n) is 6.37. The molecule has 6 nitrogen and oxygen atoms in total. The normalized spacial score (nSPS) is 17.7. The number of nitrogens with zero attached hydrogens (tertiary/aromatic N) is 2. The van der Waals surface area contributed by atoms with Crippen molar-refractivity contribution in [3.63, 3.8) is 0 Å². The fraction of sp³-hybridized carbons (Fsp3) is 0.207. The molecule has 1 aliphatic heterocycles. The van der Waals surface area contributed by atoms with Gasteiger partial charge in [-0.2, -0.15) is 0 Å². The van der Waals surface area contributed by atoms with Crippen LogP contribution in [-0.2, 0) is 15.0 Å². The van der Waals surface area contributed by atoms with Crippen molar-refractivity contribution < 1.29 is 19.4 Å². The molecule has 0 radical (unpaired) electrons. The molecule has 3 aromatic carbocycles. The molecule has 0 spiro atoms. The third-order valence-corrected chi connectivity index (χ3v) is 7.39. The van der Waals surface area contributed by atoms with Gasteiger partial charge in [-0.1, -0.05) is 86.7 Å². The summed E-state index contributed by atoms with van der Waals surface area (Å²) in [5.41, 5.74) is 3.00. The molecule has 0 bridgehead atoms. The maximum absolute atomic E-state index is 13.4. The van der Waals surface area contributed by atoms with E-state index in [1.165, 1.54) is 16.2 Å². The summed E-state index contributed by atoms with van der Waals surface area (Å²) in [4.78, 5) is 32.9. The number of aliphatic hydroxyl groups excluding tert-OH is 1. The van der Waals surface area contributed by atoms with E-state index >= 15 is 0 Å². The number of thiazole rings is 1. The SMILES string of the molecule is COc1ccc2nc(N3C(=O)C(=O)C(=C(O)c4ccccc4)C3c3ccc(C(C)(C)C)cc3)sc2c1. The highest BCUT2D eigenvalue weighted by Crippen LogP contribution is 2.45. The number of amides is 1. The van der Waals surface area contributed by atoms with Crippen LogP contribution >= 0.6 is 11.3 Å². The monoisotopic (exact) mass is 498 g/mol. The Bertz CT molecular complexity index is 1500. The van der Waals surface area contributed by atoms with Gasteiger partial charge in [-0.25, -0.2) is 4.98 Å². The Morgan fingerprint density at radius 1 is 1.00 bits per heavy atom. The maximum atomic E-state index is 13.4. The molecule has 2 heterocycles. The van der Waals surface area contributed by atoms with E-state index in [2.05, 4.69) is 25.8 Å². The summed E-state index contributed by atoms with van der Waals surface area (Å²) in [5.74, 6) is -0.983. The van der Waals surface area contributed by atoms with Crippen LogP contribution < -0.4 is 9.64 Å². The van der Waals surface area contributed by atoms with Crippen molar-refractivity contribution in [3.05, 3.63) is 95.1 Å². The Labute approximate surface area is 213 Å². The molecule has 7 heteroatoms. The van der Waals surface area contributed by atoms with Crippen molar-refractivity contribution in [2.45, 2.75) is 32.2 Å². The minimum Gasteiger partial charge on any atom is -0.507 e. The Balaban J connectivity index is 1.70. The van der Waals surface area contributed by atoms with E-state index in [1.54, 1.807) is 37.4 Å². The van der Waals surface area contributed by atoms with E-state index in [9.17, 15) is 14.7 Å². The third kappa shape index (κ3) is 4.05. The van der Waals surface area contributed by atoms with Crippen LogP contribution in [0.5, 0.6) is 5.75 Å². The molecule has 0 aliphatic carbocycles. The maximum Gasteiger partial charge on any atom is 0.301 e. The second-order valence-corrected chi connectivity index (χ2v) is 10.7. The quantitative estimate of drug-likeness (QED) is 0.205. The molecule has 1 aliphatic rings. The first kappa shape index (κ1) is 23.8. The zero-order valence-electron chi connectivity index (χ0n) is 20.5. The molecule has 1 aromatic heterocycles. The Hall–Kier alpha value is -3.97. The number of aromatic nitrogens is 1. The number of aliphatic hydroxyl groups is 1. The first-order valence-electron chi connectivity index (χ1n) is 11.6. The number of carbonyl (C=O) groups excluding carboxylic acids is 2. The van der Waals surface area contributed by atoms with Crippen LogP contribution in [0.3, 0.4) is 0 Å². The van der Waals surface area contributed by atoms with Crippen LogP contribution in [0.4, 0.5) is 5.13 Å². The van der Waals surface area contributed by atoms with Crippen molar-refractivity contribution in [1.82, 2.24) is 4.98 Å². The van der Waals surface area contributed by atoms with Gasteiger partial charge in [0.2, 0.25) is 0 Å². The zero-order valence-corrected chi connectivity index (χ0v) is 21.3. The van der Waals surface area contributed by atoms with Crippen molar-refractivity contribution in [1.29, 1.82) is 0 Å². The Morgan fingerprint density at radius 3 is 2.33 bits per heavy atom. The molecule has 1 N–H and O–H groups in total. The van der Waals surface area contributed by atoms with E-state index < -0.39 is 17.7 Å². The summed E-state index contributed by atoms with van der Waals surface area (Å²) in [6, 6.07) is 21.3. The molecule has 5 rings (SSSR count). The van der Waals surface area contributed by atoms with Crippen LogP contribution in [0.15, 0.2) is 78.4 Å². The second kappa shape index (κ2) is 8.91. The van der Waals surface area contributed by atoms with Crippen molar-refractivity contribution in [3.8, 4) is 5.75 Å². The van der Waals surface area contributed by atoms with E-state index in [0.29, 0.717) is 22.0 Å². The number of anilines is 1. The lowest BCUT2D eigenvalue weighted by Crippen LogP contribution is -2.29. The summed E-state index contributed by atoms with van der Waals surface area (Å²) >= 11 is 1.30. The topological polar surface area (TPSA) is 79.7 Å². The van der Waals surface area contributed by atoms with Crippen LogP contribution in [0.25, 0.3) is 16.0 Å². The second-order valence-electron chi connectivity index (χ2n) is 9.74. The molecule has 1 unspecified atom stereocenters. The highest BCUT2D eigenvalue weighted by Gasteiger charge is 2.48. The summed E-state index contributed by atoms with van der Waals surface area (Å²) in [7, 11) is 1.59. The van der Waals surface area contributed by atoms with Crippen LogP contribution in [0, 0.1) is 0 Å². The van der Waals surface area contributed by atoms with Gasteiger partial charge >= 0.3 is 5.91 Å². The Kier molecular flexibility index (Phi) is 5.88. The molecule has 1 amide bonds. The highest BCUT2D eigenvalue weighted by molar-refractivity contribution is 7.22. The fourth-order valence-corrected chi connectivity index (χ4v) is 5.41. The fourth-order valence-electron chi connectivity index (χ4n) is 4.38. The number of hydrogen-bond acceptors (Lipinski definition) is 6. The van der Waals surface area contributed by atoms with Crippen molar-refractivity contribution >= 4 is 44.1 Å². The minimum absolute atomic E-state index is 0.0477. The van der Waals surface area contributed by atoms with Crippen LogP contribution in [0.2, 0.25) is 0 Å². The van der Waals surface area contributed by atoms with E-state index in [0.717, 1.165) is 15.8 Å². The Morgan fingerprint density at radius 2 is 1.69 bits per heavy atom. The van der Waals surface area contributed by atoms with Crippen molar-refractivity contribution in [2.75, 3.05) is 12.0 Å². The zero-order chi connectivity index (χ0) is 25.6. The number of rotatable bonds is 4. The number of fused-ring (bicyclic) bond motifs is 1. The van der Waals surface area contributed by atoms with Gasteiger partial charge in [0.1, 0.15) is 11.5 Å². The molecule has 182 valence electrons. The average Bonchev–Trinajstić information content (AvgIpc) is 3.41. The van der Waals surface area contributed by atoms with Gasteiger partial charge in [-0.15, -0.1) is 0 Å². The summed E-state index contributed by atoms with van der Waals surface area (Å²) < 4.78 is 6.16. The average molecular weight is 499 g/mol. The standard InChI is InChI=1S/C29H26N2O4S/c1-29(2,3)19-12-10-17(11-13-19)24-23(25(32)18-8-6-5-7-9-18)26(33)27(34)31(24)28-30-21-15-14-20(35-4)16-22(21)36-28/h5-16,24,32H,1-4H3. The lowest BCUT2D eigenvalue weighted by atomic mass is 9.85. The molecular formula is C29H26N2O4S. The number of ether oxygens (including phenoxy) is 1. The van der Waals surface area contributed by atoms with Gasteiger partial charge < -0.3 is 9.84 Å². The molecule has 36 heavy (non-hydrogen) atoms. The van der Waals surface area contributed by atoms with Gasteiger partial charge in [0, 0.05) is 5.56 Å². The number of benzene rings is 3. The van der Waals surface area contributed by atoms with Gasteiger partial charge in [-0.05, 0) is 34.7 Å². The minimum atomic E-state index is -0.818. The first-order valence-corrected chi connectivity index (χ1v) is 12.4. The van der Waals surface area contributed by atoms with Gasteiger partial charge in [-0.3, -0.25) is 14.5 Å². The molecule has 1 fully saturated rings. The number of ketones is 1. The summed E-state index contributed by atoms with van der Waals surface area (Å²) in [6.07, 6.45) is 0. The van der Waals surface area contributed by atoms with Crippen LogP contribution in [0.1, 0.15) is 43.5 Å². The van der Waals surface area contributed by atoms with Gasteiger partial charge in [0.05, 0.1) is 28.9 Å². The molecule has 4 aromatic rings. The van der Waals surface area contributed by atoms with Gasteiger partial charge in [0.15, 0.2) is 5.13 Å². The van der Waals surface area contributed by atoms with Gasteiger partial charge in [0.25, 0.3) is 5.78 Å². The first-order chi connectivity index (χ1) is 17.2. The van der Waals surface area contributed by atoms with E-state index in [4.69, 9.17) is 4.74 Å². The van der Waals surface area contributed by atoms with Crippen molar-refractivity contribution in [2.24, 2.45) is 0 Å². The molecular weight excluding hydrogens is 472 g/mol. The number of carbonyl (C=O) groups is 2. The number of Topliss-reactive ketones (excluding diaryl/α,β-unsaturated/α-hetero) is 1. The lowest BCUT2D eigenvalue weighted by Gasteiger charge is -2.24. The summed E-state index contributed by atoms with van der Waals surface area (Å²) in [6.45, 7) is 6.37. The smallest absolute Gasteiger partial charge is 0.301 e. The molecule has 0 saturated carbocycles. The highest BCUT2D eigenvalue weighted by atomic mass is 32.1. The van der Waals surface area contributed by atoms with E-state index in [-0.39, 0.29) is 16.7 Å². The predicted molar refractivity (Wildman–Crippen MR) is 143 cm³/mol. The largest absolute Gasteiger partial charge is 0.507 e. The number of methoxy groups -OCH3 is 1. The summed E-state index contributed by atoms with van der Waals surface area (Å²) in [5, 5.41) is 11.6. The lowest BCUT2D eigenvalue weighted by molar-refractivity contribution is -0.132. The van der Waals surface area contributed by atoms with Crippen LogP contribution in [-0.4, -0.2) is 28.9 Å². The van der Waals surface area contributed by atoms with E-state index in [1.807, 2.05) is 42.5 Å².